The molecule has 2 N–H and O–H groups in total. The van der Waals surface area contributed by atoms with Crippen LogP contribution in [-0.4, -0.2) is 51.6 Å². The van der Waals surface area contributed by atoms with Gasteiger partial charge in [0, 0.05) is 6.26 Å². The third-order valence-corrected chi connectivity index (χ3v) is 6.93. The lowest BCUT2D eigenvalue weighted by Crippen LogP contribution is -2.57. The number of carbonyl (C=O) groups excluding carboxylic acids is 1. The summed E-state index contributed by atoms with van der Waals surface area (Å²) in [6, 6.07) is 13.8. The molecular weight excluding hydrogens is 388 g/mol. The van der Waals surface area contributed by atoms with Crippen molar-refractivity contribution >= 4 is 38.9 Å². The first-order valence-electron chi connectivity index (χ1n) is 8.73. The summed E-state index contributed by atoms with van der Waals surface area (Å²) in [4.78, 5) is 12.6. The van der Waals surface area contributed by atoms with Crippen LogP contribution >= 0.6 is 12.4 Å². The molecule has 0 aromatic heterocycles. The highest BCUT2D eigenvalue weighted by Gasteiger charge is 2.48. The maximum atomic E-state index is 12.6. The fourth-order valence-corrected chi connectivity index (χ4v) is 4.70. The number of halogens is 1. The number of benzene rings is 2. The van der Waals surface area contributed by atoms with Gasteiger partial charge in [0.2, 0.25) is 5.91 Å². The van der Waals surface area contributed by atoms with Crippen molar-refractivity contribution in [1.29, 1.82) is 0 Å². The molecule has 8 heteroatoms. The zero-order valence-corrected chi connectivity index (χ0v) is 16.9. The summed E-state index contributed by atoms with van der Waals surface area (Å²) in [6.07, 6.45) is 1.73. The quantitative estimate of drug-likeness (QED) is 0.708. The highest BCUT2D eigenvalue weighted by molar-refractivity contribution is 7.92. The number of carbonyl (C=O) groups is 1. The molecule has 0 radical (unpaired) electrons. The van der Waals surface area contributed by atoms with Crippen LogP contribution in [0.4, 0.5) is 0 Å². The van der Waals surface area contributed by atoms with Crippen molar-refractivity contribution in [2.75, 3.05) is 32.5 Å². The number of ether oxygens (including phenoxy) is 1. The third-order valence-electron chi connectivity index (χ3n) is 4.91. The van der Waals surface area contributed by atoms with Crippen LogP contribution in [0.15, 0.2) is 42.5 Å². The van der Waals surface area contributed by atoms with Crippen LogP contribution in [0.2, 0.25) is 0 Å². The Kier molecular flexibility index (Phi) is 7.08. The number of fused-ring (bicyclic) bond motifs is 1. The van der Waals surface area contributed by atoms with E-state index in [-0.39, 0.29) is 25.6 Å². The number of hydrogen-bond donors (Lipinski definition) is 2. The number of piperidine rings is 1. The van der Waals surface area contributed by atoms with Gasteiger partial charge in [-0.3, -0.25) is 4.79 Å². The van der Waals surface area contributed by atoms with Gasteiger partial charge in [-0.15, -0.1) is 12.4 Å². The van der Waals surface area contributed by atoms with Crippen LogP contribution in [0, 0.1) is 0 Å². The van der Waals surface area contributed by atoms with E-state index in [0.717, 1.165) is 22.8 Å². The van der Waals surface area contributed by atoms with Gasteiger partial charge in [0.05, 0.1) is 6.54 Å². The van der Waals surface area contributed by atoms with E-state index in [1.807, 2.05) is 42.5 Å². The average Bonchev–Trinajstić information content (AvgIpc) is 2.64. The SMILES string of the molecule is CS(=O)(=O)C1(C(=O)NCCOc2ccc3ccccc3c2)CCNCC1.Cl. The van der Waals surface area contributed by atoms with Crippen molar-refractivity contribution in [3.63, 3.8) is 0 Å². The van der Waals surface area contributed by atoms with Gasteiger partial charge in [0.25, 0.3) is 0 Å². The number of amides is 1. The summed E-state index contributed by atoms with van der Waals surface area (Å²) < 4.78 is 28.8. The van der Waals surface area contributed by atoms with E-state index in [9.17, 15) is 13.2 Å². The van der Waals surface area contributed by atoms with Crippen molar-refractivity contribution in [2.24, 2.45) is 0 Å². The lowest BCUT2D eigenvalue weighted by molar-refractivity contribution is -0.124. The topological polar surface area (TPSA) is 84.5 Å². The minimum absolute atomic E-state index is 0. The zero-order valence-electron chi connectivity index (χ0n) is 15.2. The number of hydrogen-bond acceptors (Lipinski definition) is 5. The molecule has 0 saturated carbocycles. The Labute approximate surface area is 166 Å². The summed E-state index contributed by atoms with van der Waals surface area (Å²) in [5.74, 6) is 0.293. The van der Waals surface area contributed by atoms with Gasteiger partial charge in [0.15, 0.2) is 14.6 Å². The van der Waals surface area contributed by atoms with E-state index in [2.05, 4.69) is 10.6 Å². The molecule has 1 saturated heterocycles. The van der Waals surface area contributed by atoms with E-state index in [0.29, 0.717) is 25.9 Å². The standard InChI is InChI=1S/C19H24N2O4S.ClH/c1-26(23,24)19(8-10-20-11-9-19)18(22)21-12-13-25-17-7-6-15-4-2-3-5-16(15)14-17;/h2-7,14,20H,8-13H2,1H3,(H,21,22);1H. The van der Waals surface area contributed by atoms with Crippen molar-refractivity contribution in [3.05, 3.63) is 42.5 Å². The van der Waals surface area contributed by atoms with Gasteiger partial charge in [-0.1, -0.05) is 30.3 Å². The maximum absolute atomic E-state index is 12.6. The zero-order chi connectivity index (χ0) is 18.6. The van der Waals surface area contributed by atoms with Gasteiger partial charge >= 0.3 is 0 Å². The molecule has 0 spiro atoms. The van der Waals surface area contributed by atoms with Crippen molar-refractivity contribution in [3.8, 4) is 5.75 Å². The predicted octanol–water partition coefficient (Wildman–Crippen LogP) is 1.92. The van der Waals surface area contributed by atoms with Crippen LogP contribution in [0.3, 0.4) is 0 Å². The van der Waals surface area contributed by atoms with Crippen LogP contribution in [-0.2, 0) is 14.6 Å². The summed E-state index contributed by atoms with van der Waals surface area (Å²) in [5, 5.41) is 8.05. The van der Waals surface area contributed by atoms with Crippen molar-refractivity contribution in [1.82, 2.24) is 10.6 Å². The molecule has 3 rings (SSSR count). The maximum Gasteiger partial charge on any atom is 0.241 e. The Balaban J connectivity index is 0.00000261. The minimum atomic E-state index is -3.49. The molecule has 0 atom stereocenters. The molecule has 1 amide bonds. The van der Waals surface area contributed by atoms with E-state index in [1.165, 1.54) is 0 Å². The molecule has 0 aliphatic carbocycles. The van der Waals surface area contributed by atoms with Gasteiger partial charge in [-0.25, -0.2) is 8.42 Å². The Morgan fingerprint density at radius 2 is 1.81 bits per heavy atom. The summed E-state index contributed by atoms with van der Waals surface area (Å²) in [6.45, 7) is 1.58. The Bertz CT molecular complexity index is 895. The van der Waals surface area contributed by atoms with Crippen LogP contribution in [0.1, 0.15) is 12.8 Å². The van der Waals surface area contributed by atoms with Gasteiger partial charge in [-0.05, 0) is 48.8 Å². The molecule has 1 heterocycles. The normalized spacial score (nSPS) is 16.3. The summed E-state index contributed by atoms with van der Waals surface area (Å²) in [7, 11) is -3.49. The second-order valence-corrected chi connectivity index (χ2v) is 8.96. The third kappa shape index (κ3) is 4.72. The average molecular weight is 413 g/mol. The van der Waals surface area contributed by atoms with E-state index in [1.54, 1.807) is 0 Å². The first-order valence-corrected chi connectivity index (χ1v) is 10.6. The van der Waals surface area contributed by atoms with Crippen LogP contribution < -0.4 is 15.4 Å². The number of nitrogens with one attached hydrogen (secondary N) is 2. The number of rotatable bonds is 6. The predicted molar refractivity (Wildman–Crippen MR) is 109 cm³/mol. The van der Waals surface area contributed by atoms with E-state index < -0.39 is 20.5 Å². The fraction of sp³-hybridized carbons (Fsp3) is 0.421. The highest BCUT2D eigenvalue weighted by Crippen LogP contribution is 2.28. The van der Waals surface area contributed by atoms with Gasteiger partial charge in [-0.2, -0.15) is 0 Å². The lowest BCUT2D eigenvalue weighted by Gasteiger charge is -2.34. The molecule has 2 aromatic rings. The Morgan fingerprint density at radius 3 is 2.48 bits per heavy atom. The van der Waals surface area contributed by atoms with E-state index >= 15 is 0 Å². The molecule has 1 fully saturated rings. The molecule has 148 valence electrons. The lowest BCUT2D eigenvalue weighted by atomic mass is 9.96. The molecule has 1 aliphatic rings. The Hall–Kier alpha value is -1.83. The molecular formula is C19H25ClN2O4S. The van der Waals surface area contributed by atoms with E-state index in [4.69, 9.17) is 4.74 Å². The monoisotopic (exact) mass is 412 g/mol. The molecule has 0 unspecified atom stereocenters. The number of sulfone groups is 1. The summed E-state index contributed by atoms with van der Waals surface area (Å²) >= 11 is 0. The molecule has 0 bridgehead atoms. The minimum Gasteiger partial charge on any atom is -0.492 e. The molecule has 6 nitrogen and oxygen atoms in total. The second-order valence-electron chi connectivity index (χ2n) is 6.63. The Morgan fingerprint density at radius 1 is 1.15 bits per heavy atom. The fourth-order valence-electron chi connectivity index (χ4n) is 3.35. The van der Waals surface area contributed by atoms with Crippen LogP contribution in [0.5, 0.6) is 5.75 Å². The van der Waals surface area contributed by atoms with Gasteiger partial charge < -0.3 is 15.4 Å². The molecule has 2 aromatic carbocycles. The second kappa shape index (κ2) is 8.91. The van der Waals surface area contributed by atoms with Crippen LogP contribution in [0.25, 0.3) is 10.8 Å². The summed E-state index contributed by atoms with van der Waals surface area (Å²) in [5.41, 5.74) is 0. The first-order chi connectivity index (χ1) is 12.4. The molecule has 27 heavy (non-hydrogen) atoms. The smallest absolute Gasteiger partial charge is 0.241 e. The first kappa shape index (κ1) is 21.5. The molecule has 1 aliphatic heterocycles. The van der Waals surface area contributed by atoms with Crippen molar-refractivity contribution < 1.29 is 17.9 Å². The van der Waals surface area contributed by atoms with Crippen molar-refractivity contribution in [2.45, 2.75) is 17.6 Å². The largest absolute Gasteiger partial charge is 0.492 e. The van der Waals surface area contributed by atoms with Gasteiger partial charge in [0.1, 0.15) is 12.4 Å². The highest BCUT2D eigenvalue weighted by atomic mass is 35.5.